The van der Waals surface area contributed by atoms with Crippen LogP contribution in [0.25, 0.3) is 0 Å². The molecule has 0 aliphatic carbocycles. The Kier molecular flexibility index (Phi) is 3.99. The average molecular weight is 249 g/mol. The monoisotopic (exact) mass is 249 g/mol. The number of carbonyl (C=O) groups excluding carboxylic acids is 1. The third kappa shape index (κ3) is 2.71. The maximum absolute atomic E-state index is 11.2. The lowest BCUT2D eigenvalue weighted by Gasteiger charge is -2.13. The summed E-state index contributed by atoms with van der Waals surface area (Å²) in [6, 6.07) is 7.58. The molecule has 98 valence electrons. The average Bonchev–Trinajstić information content (AvgIpc) is 2.84. The Morgan fingerprint density at radius 3 is 2.61 bits per heavy atom. The van der Waals surface area contributed by atoms with Crippen molar-refractivity contribution < 1.29 is 14.6 Å². The number of aliphatic hydroxyl groups excluding tert-OH is 1. The van der Waals surface area contributed by atoms with E-state index < -0.39 is 12.1 Å². The Balaban J connectivity index is 2.08. The molecule has 1 N–H and O–H groups in total. The van der Waals surface area contributed by atoms with Gasteiger partial charge in [0.15, 0.2) is 6.10 Å². The number of nitrogens with zero attached hydrogens (tertiary/aromatic N) is 1. The summed E-state index contributed by atoms with van der Waals surface area (Å²) in [6.07, 6.45) is -0.0228. The predicted octanol–water partition coefficient (Wildman–Crippen LogP) is 1.31. The minimum atomic E-state index is -1.18. The van der Waals surface area contributed by atoms with Crippen molar-refractivity contribution in [1.82, 2.24) is 4.90 Å². The Morgan fingerprint density at radius 1 is 1.44 bits per heavy atom. The first kappa shape index (κ1) is 13.1. The maximum Gasteiger partial charge on any atom is 0.339 e. The molecule has 0 radical (unpaired) electrons. The summed E-state index contributed by atoms with van der Waals surface area (Å²) in [6.45, 7) is 2.19. The fraction of sp³-hybridized carbons (Fsp3) is 0.500. The number of hydrogen-bond donors (Lipinski definition) is 1. The largest absolute Gasteiger partial charge is 0.467 e. The van der Waals surface area contributed by atoms with Crippen LogP contribution < -0.4 is 0 Å². The molecular weight excluding hydrogens is 230 g/mol. The van der Waals surface area contributed by atoms with Crippen LogP contribution in [0.5, 0.6) is 0 Å². The van der Waals surface area contributed by atoms with Crippen molar-refractivity contribution in [3.63, 3.8) is 0 Å². The Labute approximate surface area is 107 Å². The lowest BCUT2D eigenvalue weighted by atomic mass is 9.96. The van der Waals surface area contributed by atoms with E-state index >= 15 is 0 Å². The van der Waals surface area contributed by atoms with E-state index in [-0.39, 0.29) is 0 Å². The van der Waals surface area contributed by atoms with Gasteiger partial charge in [0.2, 0.25) is 0 Å². The summed E-state index contributed by atoms with van der Waals surface area (Å²) in [7, 11) is 3.39. The Bertz CT molecular complexity index is 416. The van der Waals surface area contributed by atoms with Gasteiger partial charge in [-0.2, -0.15) is 0 Å². The zero-order chi connectivity index (χ0) is 13.1. The molecule has 4 heteroatoms. The maximum atomic E-state index is 11.2. The van der Waals surface area contributed by atoms with Crippen LogP contribution in [0.3, 0.4) is 0 Å². The molecule has 1 saturated heterocycles. The van der Waals surface area contributed by atoms with Crippen molar-refractivity contribution in [3.8, 4) is 0 Å². The number of likely N-dealkylation sites (tertiary alicyclic amines) is 1. The van der Waals surface area contributed by atoms with E-state index in [2.05, 4.69) is 16.7 Å². The van der Waals surface area contributed by atoms with Crippen LogP contribution in [-0.4, -0.2) is 43.2 Å². The highest BCUT2D eigenvalue weighted by Crippen LogP contribution is 2.27. The van der Waals surface area contributed by atoms with Crippen LogP contribution in [0.15, 0.2) is 24.3 Å². The molecule has 2 atom stereocenters. The number of rotatable bonds is 3. The van der Waals surface area contributed by atoms with Crippen LogP contribution >= 0.6 is 0 Å². The number of esters is 1. The number of benzene rings is 1. The van der Waals surface area contributed by atoms with E-state index in [9.17, 15) is 9.90 Å². The first-order chi connectivity index (χ1) is 8.61. The molecule has 1 aromatic rings. The van der Waals surface area contributed by atoms with Crippen LogP contribution in [0, 0.1) is 0 Å². The highest BCUT2D eigenvalue weighted by molar-refractivity contribution is 5.76. The first-order valence-corrected chi connectivity index (χ1v) is 6.16. The molecule has 18 heavy (non-hydrogen) atoms. The normalized spacial score (nSPS) is 21.8. The summed E-state index contributed by atoms with van der Waals surface area (Å²) < 4.78 is 4.51. The summed E-state index contributed by atoms with van der Waals surface area (Å²) in [4.78, 5) is 13.5. The number of likely N-dealkylation sites (N-methyl/N-ethyl adjacent to an activating group) is 1. The van der Waals surface area contributed by atoms with E-state index in [0.717, 1.165) is 19.5 Å². The standard InChI is InChI=1S/C14H19NO3/c1-15-8-7-12(9-15)10-3-5-11(6-4-10)13(16)14(17)18-2/h3-6,12-13,16H,7-9H2,1-2H3. The van der Waals surface area contributed by atoms with Gasteiger partial charge in [-0.15, -0.1) is 0 Å². The highest BCUT2D eigenvalue weighted by Gasteiger charge is 2.22. The van der Waals surface area contributed by atoms with Crippen LogP contribution in [0.4, 0.5) is 0 Å². The van der Waals surface area contributed by atoms with Gasteiger partial charge in [0.25, 0.3) is 0 Å². The quantitative estimate of drug-likeness (QED) is 0.821. The second-order valence-electron chi connectivity index (χ2n) is 4.84. The molecule has 1 aromatic carbocycles. The molecule has 0 saturated carbocycles. The second-order valence-corrected chi connectivity index (χ2v) is 4.84. The van der Waals surface area contributed by atoms with Gasteiger partial charge in [-0.3, -0.25) is 0 Å². The molecule has 2 rings (SSSR count). The van der Waals surface area contributed by atoms with Gasteiger partial charge in [0, 0.05) is 6.54 Å². The number of hydrogen-bond acceptors (Lipinski definition) is 4. The van der Waals surface area contributed by atoms with Gasteiger partial charge in [0.05, 0.1) is 7.11 Å². The van der Waals surface area contributed by atoms with E-state index in [4.69, 9.17) is 0 Å². The molecule has 1 aliphatic rings. The van der Waals surface area contributed by atoms with Crippen molar-refractivity contribution in [2.24, 2.45) is 0 Å². The molecule has 1 heterocycles. The molecule has 2 unspecified atom stereocenters. The van der Waals surface area contributed by atoms with Gasteiger partial charge in [-0.1, -0.05) is 24.3 Å². The molecule has 0 aromatic heterocycles. The summed E-state index contributed by atoms with van der Waals surface area (Å²) in [5.41, 5.74) is 1.84. The highest BCUT2D eigenvalue weighted by atomic mass is 16.5. The van der Waals surface area contributed by atoms with E-state index in [1.54, 1.807) is 12.1 Å². The van der Waals surface area contributed by atoms with Crippen LogP contribution in [-0.2, 0) is 9.53 Å². The summed E-state index contributed by atoms with van der Waals surface area (Å²) >= 11 is 0. The molecule has 0 amide bonds. The summed E-state index contributed by atoms with van der Waals surface area (Å²) in [5, 5.41) is 9.70. The van der Waals surface area contributed by atoms with Gasteiger partial charge in [-0.25, -0.2) is 4.79 Å². The third-order valence-electron chi connectivity index (χ3n) is 3.54. The zero-order valence-corrected chi connectivity index (χ0v) is 10.8. The number of methoxy groups -OCH3 is 1. The van der Waals surface area contributed by atoms with Gasteiger partial charge >= 0.3 is 5.97 Å². The smallest absolute Gasteiger partial charge is 0.339 e. The van der Waals surface area contributed by atoms with Gasteiger partial charge < -0.3 is 14.7 Å². The minimum Gasteiger partial charge on any atom is -0.467 e. The van der Waals surface area contributed by atoms with Crippen molar-refractivity contribution in [1.29, 1.82) is 0 Å². The molecule has 1 aliphatic heterocycles. The molecule has 1 fully saturated rings. The Hall–Kier alpha value is -1.39. The number of aliphatic hydroxyl groups is 1. The van der Waals surface area contributed by atoms with Crippen molar-refractivity contribution in [2.45, 2.75) is 18.4 Å². The van der Waals surface area contributed by atoms with Crippen molar-refractivity contribution in [2.75, 3.05) is 27.2 Å². The molecular formula is C14H19NO3. The lowest BCUT2D eigenvalue weighted by Crippen LogP contribution is -2.14. The predicted molar refractivity (Wildman–Crippen MR) is 68.3 cm³/mol. The van der Waals surface area contributed by atoms with Crippen LogP contribution in [0.1, 0.15) is 29.6 Å². The van der Waals surface area contributed by atoms with Crippen molar-refractivity contribution in [3.05, 3.63) is 35.4 Å². The van der Waals surface area contributed by atoms with Crippen molar-refractivity contribution >= 4 is 5.97 Å². The lowest BCUT2D eigenvalue weighted by molar-refractivity contribution is -0.150. The first-order valence-electron chi connectivity index (χ1n) is 6.16. The molecule has 0 bridgehead atoms. The fourth-order valence-corrected chi connectivity index (χ4v) is 2.41. The molecule has 4 nitrogen and oxygen atoms in total. The van der Waals surface area contributed by atoms with Gasteiger partial charge in [0.1, 0.15) is 0 Å². The minimum absolute atomic E-state index is 0.555. The SMILES string of the molecule is COC(=O)C(O)c1ccc(C2CCN(C)C2)cc1. The van der Waals surface area contributed by atoms with E-state index in [1.807, 2.05) is 12.1 Å². The zero-order valence-electron chi connectivity index (χ0n) is 10.8. The van der Waals surface area contributed by atoms with Gasteiger partial charge in [-0.05, 0) is 37.1 Å². The Morgan fingerprint density at radius 2 is 2.11 bits per heavy atom. The van der Waals surface area contributed by atoms with E-state index in [1.165, 1.54) is 12.7 Å². The number of carbonyl (C=O) groups is 1. The summed E-state index contributed by atoms with van der Waals surface area (Å²) in [5.74, 6) is -0.0670. The second kappa shape index (κ2) is 5.50. The number of ether oxygens (including phenoxy) is 1. The third-order valence-corrected chi connectivity index (χ3v) is 3.54. The fourth-order valence-electron chi connectivity index (χ4n) is 2.41. The van der Waals surface area contributed by atoms with Crippen LogP contribution in [0.2, 0.25) is 0 Å². The molecule has 0 spiro atoms. The topological polar surface area (TPSA) is 49.8 Å². The van der Waals surface area contributed by atoms with E-state index in [0.29, 0.717) is 11.5 Å².